The SMILES string of the molecule is CS(=O)(=O)CC[C@@H](NS(=O)(=O)/C=C/c1ccccc1)C(=O)NCc1nc2ccccc2s1. The van der Waals surface area contributed by atoms with Crippen LogP contribution in [0.5, 0.6) is 0 Å². The zero-order valence-electron chi connectivity index (χ0n) is 17.3. The summed E-state index contributed by atoms with van der Waals surface area (Å²) in [6.45, 7) is 0.106. The van der Waals surface area contributed by atoms with Crippen molar-refractivity contribution in [1.82, 2.24) is 15.0 Å². The number of sulfone groups is 1. The smallest absolute Gasteiger partial charge is 0.238 e. The Morgan fingerprint density at radius 1 is 1.06 bits per heavy atom. The zero-order chi connectivity index (χ0) is 23.2. The van der Waals surface area contributed by atoms with E-state index in [9.17, 15) is 21.6 Å². The van der Waals surface area contributed by atoms with Crippen molar-refractivity contribution in [2.75, 3.05) is 12.0 Å². The molecule has 1 aromatic heterocycles. The van der Waals surface area contributed by atoms with Gasteiger partial charge in [0.1, 0.15) is 20.9 Å². The summed E-state index contributed by atoms with van der Waals surface area (Å²) in [5.41, 5.74) is 1.48. The molecule has 3 rings (SSSR count). The van der Waals surface area contributed by atoms with Crippen LogP contribution in [-0.4, -0.2) is 45.8 Å². The average Bonchev–Trinajstić information content (AvgIpc) is 3.17. The maximum absolute atomic E-state index is 12.7. The molecule has 3 aromatic rings. The molecule has 170 valence electrons. The van der Waals surface area contributed by atoms with Crippen LogP contribution >= 0.6 is 11.3 Å². The van der Waals surface area contributed by atoms with Crippen molar-refractivity contribution in [2.24, 2.45) is 0 Å². The highest BCUT2D eigenvalue weighted by Crippen LogP contribution is 2.21. The van der Waals surface area contributed by atoms with Gasteiger partial charge in [0.15, 0.2) is 0 Å². The second kappa shape index (κ2) is 10.3. The predicted octanol–water partition coefficient (Wildman–Crippen LogP) is 2.31. The predicted molar refractivity (Wildman–Crippen MR) is 127 cm³/mol. The van der Waals surface area contributed by atoms with E-state index in [0.29, 0.717) is 10.6 Å². The lowest BCUT2D eigenvalue weighted by atomic mass is 10.2. The molecule has 0 radical (unpaired) electrons. The molecule has 0 bridgehead atoms. The Hall–Kier alpha value is -2.60. The van der Waals surface area contributed by atoms with E-state index in [1.54, 1.807) is 30.3 Å². The molecule has 2 aromatic carbocycles. The molecule has 0 saturated carbocycles. The number of para-hydroxylation sites is 1. The monoisotopic (exact) mass is 493 g/mol. The lowest BCUT2D eigenvalue weighted by Gasteiger charge is -2.16. The van der Waals surface area contributed by atoms with E-state index in [2.05, 4.69) is 15.0 Å². The molecule has 0 saturated heterocycles. The highest BCUT2D eigenvalue weighted by molar-refractivity contribution is 7.92. The molecule has 2 N–H and O–H groups in total. The van der Waals surface area contributed by atoms with Gasteiger partial charge in [-0.25, -0.2) is 21.8 Å². The number of carbonyl (C=O) groups excluding carboxylic acids is 1. The molecule has 11 heteroatoms. The Labute approximate surface area is 191 Å². The van der Waals surface area contributed by atoms with E-state index in [-0.39, 0.29) is 18.7 Å². The molecular formula is C21H23N3O5S3. The summed E-state index contributed by atoms with van der Waals surface area (Å²) in [5, 5.41) is 4.27. The number of hydrogen-bond acceptors (Lipinski definition) is 7. The number of aromatic nitrogens is 1. The van der Waals surface area contributed by atoms with Gasteiger partial charge in [0.25, 0.3) is 0 Å². The minimum atomic E-state index is -3.99. The van der Waals surface area contributed by atoms with Gasteiger partial charge in [-0.1, -0.05) is 42.5 Å². The Balaban J connectivity index is 1.70. The van der Waals surface area contributed by atoms with Gasteiger partial charge in [0.05, 0.1) is 22.5 Å². The first-order valence-electron chi connectivity index (χ1n) is 9.67. The number of nitrogens with zero attached hydrogens (tertiary/aromatic N) is 1. The summed E-state index contributed by atoms with van der Waals surface area (Å²) in [6.07, 6.45) is 2.24. The van der Waals surface area contributed by atoms with Gasteiger partial charge in [-0.05, 0) is 30.2 Å². The molecule has 32 heavy (non-hydrogen) atoms. The summed E-state index contributed by atoms with van der Waals surface area (Å²) in [6, 6.07) is 15.1. The number of thiazole rings is 1. The lowest BCUT2D eigenvalue weighted by Crippen LogP contribution is -2.46. The van der Waals surface area contributed by atoms with Gasteiger partial charge in [-0.2, -0.15) is 4.72 Å². The van der Waals surface area contributed by atoms with E-state index in [4.69, 9.17) is 0 Å². The van der Waals surface area contributed by atoms with E-state index in [1.165, 1.54) is 17.4 Å². The summed E-state index contributed by atoms with van der Waals surface area (Å²) in [5.74, 6) is -0.957. The van der Waals surface area contributed by atoms with Crippen LogP contribution < -0.4 is 10.0 Å². The van der Waals surface area contributed by atoms with Gasteiger partial charge in [-0.3, -0.25) is 4.79 Å². The van der Waals surface area contributed by atoms with Crippen molar-refractivity contribution >= 4 is 53.4 Å². The first-order valence-corrected chi connectivity index (χ1v) is 14.1. The van der Waals surface area contributed by atoms with Crippen molar-refractivity contribution in [3.05, 3.63) is 70.6 Å². The summed E-state index contributed by atoms with van der Waals surface area (Å²) >= 11 is 1.42. The van der Waals surface area contributed by atoms with E-state index < -0.39 is 31.8 Å². The third-order valence-electron chi connectivity index (χ3n) is 4.39. The van der Waals surface area contributed by atoms with Gasteiger partial charge in [0.2, 0.25) is 15.9 Å². The second-order valence-corrected chi connectivity index (χ2v) is 12.1. The minimum absolute atomic E-state index is 0.106. The molecule has 0 spiro atoms. The minimum Gasteiger partial charge on any atom is -0.348 e. The fraction of sp³-hybridized carbons (Fsp3) is 0.238. The largest absolute Gasteiger partial charge is 0.348 e. The topological polar surface area (TPSA) is 122 Å². The molecule has 0 aliphatic rings. The molecular weight excluding hydrogens is 470 g/mol. The normalized spacial score (nSPS) is 13.4. The highest BCUT2D eigenvalue weighted by atomic mass is 32.2. The molecule has 0 unspecified atom stereocenters. The second-order valence-electron chi connectivity index (χ2n) is 7.14. The maximum Gasteiger partial charge on any atom is 0.238 e. The number of nitrogens with one attached hydrogen (secondary N) is 2. The first-order chi connectivity index (χ1) is 15.1. The van der Waals surface area contributed by atoms with Gasteiger partial charge in [0, 0.05) is 11.7 Å². The molecule has 0 aliphatic carbocycles. The number of fused-ring (bicyclic) bond motifs is 1. The van der Waals surface area contributed by atoms with E-state index in [0.717, 1.165) is 21.9 Å². The number of amides is 1. The Morgan fingerprint density at radius 3 is 2.44 bits per heavy atom. The molecule has 0 aliphatic heterocycles. The molecule has 1 atom stereocenters. The van der Waals surface area contributed by atoms with Crippen LogP contribution in [0.2, 0.25) is 0 Å². The molecule has 0 fully saturated rings. The van der Waals surface area contributed by atoms with Crippen LogP contribution in [0.1, 0.15) is 17.0 Å². The molecule has 8 nitrogen and oxygen atoms in total. The summed E-state index contributed by atoms with van der Waals surface area (Å²) < 4.78 is 51.4. The van der Waals surface area contributed by atoms with Crippen LogP contribution in [0.15, 0.2) is 60.0 Å². The highest BCUT2D eigenvalue weighted by Gasteiger charge is 2.24. The number of benzene rings is 2. The maximum atomic E-state index is 12.7. The van der Waals surface area contributed by atoms with Crippen LogP contribution in [0.25, 0.3) is 16.3 Å². The van der Waals surface area contributed by atoms with Crippen molar-refractivity contribution < 1.29 is 21.6 Å². The molecule has 1 heterocycles. The number of rotatable bonds is 10. The number of carbonyl (C=O) groups is 1. The summed E-state index contributed by atoms with van der Waals surface area (Å²) in [7, 11) is -7.39. The third-order valence-corrected chi connectivity index (χ3v) is 7.51. The fourth-order valence-electron chi connectivity index (χ4n) is 2.83. The quantitative estimate of drug-likeness (QED) is 0.447. The standard InChI is InChI=1S/C21H23N3O5S3/c1-31(26,27)13-12-18(24-32(28,29)14-11-16-7-3-2-4-8-16)21(25)22-15-20-23-17-9-5-6-10-19(17)30-20/h2-11,14,18,24H,12-13,15H2,1H3,(H,22,25)/b14-11+/t18-/m1/s1. The zero-order valence-corrected chi connectivity index (χ0v) is 19.7. The van der Waals surface area contributed by atoms with E-state index in [1.807, 2.05) is 24.3 Å². The van der Waals surface area contributed by atoms with Crippen molar-refractivity contribution in [2.45, 2.75) is 19.0 Å². The van der Waals surface area contributed by atoms with E-state index >= 15 is 0 Å². The van der Waals surface area contributed by atoms with Gasteiger partial charge in [-0.15, -0.1) is 11.3 Å². The Bertz CT molecular complexity index is 1280. The number of hydrogen-bond donors (Lipinski definition) is 2. The van der Waals surface area contributed by atoms with Gasteiger partial charge < -0.3 is 5.32 Å². The summed E-state index contributed by atoms with van der Waals surface area (Å²) in [4.78, 5) is 17.1. The molecule has 1 amide bonds. The van der Waals surface area contributed by atoms with Crippen LogP contribution in [0.4, 0.5) is 0 Å². The Morgan fingerprint density at radius 2 is 1.75 bits per heavy atom. The lowest BCUT2D eigenvalue weighted by molar-refractivity contribution is -0.122. The Kier molecular flexibility index (Phi) is 7.77. The van der Waals surface area contributed by atoms with Crippen molar-refractivity contribution in [1.29, 1.82) is 0 Å². The van der Waals surface area contributed by atoms with Crippen LogP contribution in [0.3, 0.4) is 0 Å². The van der Waals surface area contributed by atoms with Crippen molar-refractivity contribution in [3.8, 4) is 0 Å². The average molecular weight is 494 g/mol. The fourth-order valence-corrected chi connectivity index (χ4v) is 5.43. The number of sulfonamides is 1. The van der Waals surface area contributed by atoms with Crippen molar-refractivity contribution in [3.63, 3.8) is 0 Å². The van der Waals surface area contributed by atoms with Crippen LogP contribution in [0, 0.1) is 0 Å². The van der Waals surface area contributed by atoms with Crippen LogP contribution in [-0.2, 0) is 31.2 Å². The van der Waals surface area contributed by atoms with Gasteiger partial charge >= 0.3 is 0 Å². The third kappa shape index (κ3) is 7.52. The first kappa shape index (κ1) is 24.1.